The van der Waals surface area contributed by atoms with E-state index in [4.69, 9.17) is 4.74 Å². The van der Waals surface area contributed by atoms with Gasteiger partial charge in [-0.2, -0.15) is 0 Å². The van der Waals surface area contributed by atoms with Crippen molar-refractivity contribution in [2.24, 2.45) is 5.92 Å². The molecule has 1 aromatic carbocycles. The fourth-order valence-corrected chi connectivity index (χ4v) is 2.37. The van der Waals surface area contributed by atoms with Gasteiger partial charge in [0, 0.05) is 24.6 Å². The summed E-state index contributed by atoms with van der Waals surface area (Å²) in [7, 11) is 0. The predicted octanol–water partition coefficient (Wildman–Crippen LogP) is 2.75. The van der Waals surface area contributed by atoms with Crippen LogP contribution in [0.15, 0.2) is 18.2 Å². The summed E-state index contributed by atoms with van der Waals surface area (Å²) >= 11 is 0. The molecule has 1 fully saturated rings. The van der Waals surface area contributed by atoms with Gasteiger partial charge in [0.25, 0.3) is 0 Å². The Hall–Kier alpha value is -1.69. The average molecular weight is 298 g/mol. The maximum atomic E-state index is 13.7. The van der Waals surface area contributed by atoms with Crippen LogP contribution in [-0.2, 0) is 4.74 Å². The van der Waals surface area contributed by atoms with Crippen LogP contribution < -0.4 is 10.6 Å². The summed E-state index contributed by atoms with van der Waals surface area (Å²) in [5.74, 6) is -0.718. The first-order valence-corrected chi connectivity index (χ1v) is 7.17. The first-order valence-electron chi connectivity index (χ1n) is 7.17. The monoisotopic (exact) mass is 298 g/mol. The lowest BCUT2D eigenvalue weighted by molar-refractivity contribution is 0.185. The molecule has 6 heteroatoms. The molecule has 0 radical (unpaired) electrons. The second-order valence-electron chi connectivity index (χ2n) is 5.21. The van der Waals surface area contributed by atoms with Crippen molar-refractivity contribution in [3.63, 3.8) is 0 Å². The Morgan fingerprint density at radius 3 is 2.95 bits per heavy atom. The smallest absolute Gasteiger partial charge is 0.315 e. The van der Waals surface area contributed by atoms with E-state index in [1.807, 2.05) is 0 Å². The van der Waals surface area contributed by atoms with Gasteiger partial charge in [-0.15, -0.1) is 0 Å². The van der Waals surface area contributed by atoms with E-state index in [1.54, 1.807) is 6.92 Å². The molecule has 0 unspecified atom stereocenters. The number of benzene rings is 1. The molecule has 0 aliphatic carbocycles. The zero-order valence-electron chi connectivity index (χ0n) is 12.0. The number of carbonyl (C=O) groups is 1. The number of halogens is 2. The minimum absolute atomic E-state index is 0.164. The molecule has 2 atom stereocenters. The van der Waals surface area contributed by atoms with Crippen molar-refractivity contribution in [2.75, 3.05) is 19.8 Å². The van der Waals surface area contributed by atoms with Gasteiger partial charge in [-0.3, -0.25) is 0 Å². The summed E-state index contributed by atoms with van der Waals surface area (Å²) < 4.78 is 32.2. The van der Waals surface area contributed by atoms with E-state index in [0.717, 1.165) is 31.2 Å². The molecule has 1 saturated heterocycles. The van der Waals surface area contributed by atoms with Gasteiger partial charge in [0.1, 0.15) is 11.6 Å². The molecule has 1 aliphatic heterocycles. The molecule has 4 nitrogen and oxygen atoms in total. The molecular formula is C15H20F2N2O2. The van der Waals surface area contributed by atoms with Gasteiger partial charge < -0.3 is 15.4 Å². The molecule has 2 rings (SSSR count). The Balaban J connectivity index is 1.91. The van der Waals surface area contributed by atoms with Crippen molar-refractivity contribution < 1.29 is 18.3 Å². The van der Waals surface area contributed by atoms with Gasteiger partial charge in [0.05, 0.1) is 12.6 Å². The van der Waals surface area contributed by atoms with Crippen LogP contribution in [-0.4, -0.2) is 25.8 Å². The average Bonchev–Trinajstić information content (AvgIpc) is 2.98. The van der Waals surface area contributed by atoms with Crippen LogP contribution >= 0.6 is 0 Å². The van der Waals surface area contributed by atoms with Gasteiger partial charge in [-0.05, 0) is 31.0 Å². The van der Waals surface area contributed by atoms with Gasteiger partial charge >= 0.3 is 6.03 Å². The lowest BCUT2D eigenvalue weighted by Crippen LogP contribution is -2.40. The Kier molecular flexibility index (Phi) is 5.50. The van der Waals surface area contributed by atoms with Crippen LogP contribution in [0.25, 0.3) is 0 Å². The lowest BCUT2D eigenvalue weighted by Gasteiger charge is -2.19. The predicted molar refractivity (Wildman–Crippen MR) is 74.9 cm³/mol. The summed E-state index contributed by atoms with van der Waals surface area (Å²) in [4.78, 5) is 11.9. The Labute approximate surface area is 122 Å². The van der Waals surface area contributed by atoms with E-state index in [1.165, 1.54) is 0 Å². The van der Waals surface area contributed by atoms with Crippen molar-refractivity contribution in [3.8, 4) is 0 Å². The first kappa shape index (κ1) is 15.7. The molecule has 0 spiro atoms. The van der Waals surface area contributed by atoms with Crippen molar-refractivity contribution in [3.05, 3.63) is 35.4 Å². The molecule has 116 valence electrons. The Morgan fingerprint density at radius 1 is 1.48 bits per heavy atom. The van der Waals surface area contributed by atoms with E-state index in [9.17, 15) is 13.6 Å². The molecule has 1 aromatic rings. The van der Waals surface area contributed by atoms with Crippen LogP contribution in [0.4, 0.5) is 13.6 Å². The molecule has 2 N–H and O–H groups in total. The highest BCUT2D eigenvalue weighted by Crippen LogP contribution is 2.21. The Morgan fingerprint density at radius 2 is 2.29 bits per heavy atom. The molecular weight excluding hydrogens is 278 g/mol. The number of urea groups is 1. The molecule has 1 aliphatic rings. The SMILES string of the molecule is CC[C@@H](NC(=O)NC[C@H]1CCOC1)c1cc(F)ccc1F. The fraction of sp³-hybridized carbons (Fsp3) is 0.533. The third kappa shape index (κ3) is 4.39. The third-order valence-electron chi connectivity index (χ3n) is 3.62. The van der Waals surface area contributed by atoms with Crippen LogP contribution in [0.1, 0.15) is 31.4 Å². The first-order chi connectivity index (χ1) is 10.1. The summed E-state index contributed by atoms with van der Waals surface area (Å²) in [6, 6.07) is 2.32. The van der Waals surface area contributed by atoms with E-state index in [-0.39, 0.29) is 11.6 Å². The van der Waals surface area contributed by atoms with Crippen molar-refractivity contribution >= 4 is 6.03 Å². The minimum Gasteiger partial charge on any atom is -0.381 e. The zero-order chi connectivity index (χ0) is 15.2. The number of amides is 2. The molecule has 21 heavy (non-hydrogen) atoms. The quantitative estimate of drug-likeness (QED) is 0.878. The fourth-order valence-electron chi connectivity index (χ4n) is 2.37. The summed E-state index contributed by atoms with van der Waals surface area (Å²) in [5.41, 5.74) is 0.164. The largest absolute Gasteiger partial charge is 0.381 e. The molecule has 1 heterocycles. The standard InChI is InChI=1S/C15H20F2N2O2/c1-2-14(12-7-11(16)3-4-13(12)17)19-15(20)18-8-10-5-6-21-9-10/h3-4,7,10,14H,2,5-6,8-9H2,1H3,(H2,18,19,20)/t10-,14-/m1/s1. The topological polar surface area (TPSA) is 50.4 Å². The van der Waals surface area contributed by atoms with Crippen molar-refractivity contribution in [2.45, 2.75) is 25.8 Å². The van der Waals surface area contributed by atoms with Gasteiger partial charge in [-0.25, -0.2) is 13.6 Å². The number of ether oxygens (including phenoxy) is 1. The third-order valence-corrected chi connectivity index (χ3v) is 3.62. The van der Waals surface area contributed by atoms with Gasteiger partial charge in [0.15, 0.2) is 0 Å². The van der Waals surface area contributed by atoms with Crippen molar-refractivity contribution in [1.82, 2.24) is 10.6 Å². The molecule has 2 amide bonds. The second kappa shape index (κ2) is 7.36. The van der Waals surface area contributed by atoms with Crippen LogP contribution in [0, 0.1) is 17.6 Å². The molecule has 0 bridgehead atoms. The number of carbonyl (C=O) groups excluding carboxylic acids is 1. The Bertz CT molecular complexity index is 491. The van der Waals surface area contributed by atoms with E-state index < -0.39 is 17.7 Å². The van der Waals surface area contributed by atoms with E-state index in [2.05, 4.69) is 10.6 Å². The molecule has 0 aromatic heterocycles. The van der Waals surface area contributed by atoms with Crippen LogP contribution in [0.3, 0.4) is 0 Å². The van der Waals surface area contributed by atoms with E-state index in [0.29, 0.717) is 25.5 Å². The normalized spacial score (nSPS) is 19.3. The van der Waals surface area contributed by atoms with Crippen molar-refractivity contribution in [1.29, 1.82) is 0 Å². The number of hydrogen-bond donors (Lipinski definition) is 2. The lowest BCUT2D eigenvalue weighted by atomic mass is 10.0. The van der Waals surface area contributed by atoms with Gasteiger partial charge in [0.2, 0.25) is 0 Å². The highest BCUT2D eigenvalue weighted by Gasteiger charge is 2.19. The maximum Gasteiger partial charge on any atom is 0.315 e. The summed E-state index contributed by atoms with van der Waals surface area (Å²) in [6.07, 6.45) is 1.40. The van der Waals surface area contributed by atoms with Gasteiger partial charge in [-0.1, -0.05) is 6.92 Å². The minimum atomic E-state index is -0.555. The maximum absolute atomic E-state index is 13.7. The highest BCUT2D eigenvalue weighted by atomic mass is 19.1. The number of hydrogen-bond acceptors (Lipinski definition) is 2. The van der Waals surface area contributed by atoms with Crippen LogP contribution in [0.2, 0.25) is 0 Å². The summed E-state index contributed by atoms with van der Waals surface area (Å²) in [5, 5.41) is 5.42. The van der Waals surface area contributed by atoms with E-state index >= 15 is 0 Å². The highest BCUT2D eigenvalue weighted by molar-refractivity contribution is 5.74. The second-order valence-corrected chi connectivity index (χ2v) is 5.21. The zero-order valence-corrected chi connectivity index (χ0v) is 12.0. The summed E-state index contributed by atoms with van der Waals surface area (Å²) in [6.45, 7) is 3.70. The van der Waals surface area contributed by atoms with Crippen LogP contribution in [0.5, 0.6) is 0 Å². The molecule has 0 saturated carbocycles. The number of nitrogens with one attached hydrogen (secondary N) is 2. The number of rotatable bonds is 5.